The van der Waals surface area contributed by atoms with Crippen molar-refractivity contribution in [3.05, 3.63) is 35.4 Å². The van der Waals surface area contributed by atoms with Crippen LogP contribution in [0.3, 0.4) is 0 Å². The summed E-state index contributed by atoms with van der Waals surface area (Å²) in [6, 6.07) is 8.55. The highest BCUT2D eigenvalue weighted by atomic mass is 16.2. The van der Waals surface area contributed by atoms with Gasteiger partial charge >= 0.3 is 0 Å². The second kappa shape index (κ2) is 6.71. The van der Waals surface area contributed by atoms with E-state index in [0.29, 0.717) is 12.3 Å². The first-order chi connectivity index (χ1) is 9.20. The number of piperazine rings is 1. The summed E-state index contributed by atoms with van der Waals surface area (Å²) in [4.78, 5) is 16.3. The van der Waals surface area contributed by atoms with Gasteiger partial charge in [-0.1, -0.05) is 31.2 Å². The summed E-state index contributed by atoms with van der Waals surface area (Å²) in [6.07, 6.45) is 1.64. The molecule has 1 heterocycles. The molecule has 0 radical (unpaired) electrons. The average Bonchev–Trinajstić information content (AvgIpc) is 2.42. The molecule has 1 amide bonds. The highest BCUT2D eigenvalue weighted by Gasteiger charge is 2.20. The minimum atomic E-state index is 0.318. The predicted molar refractivity (Wildman–Crippen MR) is 77.9 cm³/mol. The molecule has 3 nitrogen and oxygen atoms in total. The zero-order valence-corrected chi connectivity index (χ0v) is 12.1. The molecule has 1 saturated heterocycles. The van der Waals surface area contributed by atoms with Gasteiger partial charge in [-0.2, -0.15) is 0 Å². The smallest absolute Gasteiger partial charge is 0.222 e. The molecule has 1 aliphatic rings. The normalized spacial score (nSPS) is 16.6. The van der Waals surface area contributed by atoms with Gasteiger partial charge in [0, 0.05) is 39.1 Å². The predicted octanol–water partition coefficient (Wildman–Crippen LogP) is 2.44. The van der Waals surface area contributed by atoms with E-state index in [1.54, 1.807) is 0 Å². The summed E-state index contributed by atoms with van der Waals surface area (Å²) in [5.74, 6) is 0.318. The molecule has 1 aromatic rings. The van der Waals surface area contributed by atoms with Crippen LogP contribution in [0.2, 0.25) is 0 Å². The van der Waals surface area contributed by atoms with Crippen LogP contribution in [0.4, 0.5) is 0 Å². The molecule has 1 fully saturated rings. The van der Waals surface area contributed by atoms with Crippen LogP contribution in [0.5, 0.6) is 0 Å². The molecule has 1 aromatic carbocycles. The Morgan fingerprint density at radius 3 is 2.47 bits per heavy atom. The maximum atomic E-state index is 11.8. The lowest BCUT2D eigenvalue weighted by atomic mass is 10.1. The Balaban J connectivity index is 1.84. The van der Waals surface area contributed by atoms with Crippen molar-refractivity contribution in [3.63, 3.8) is 0 Å². The second-order valence-corrected chi connectivity index (χ2v) is 5.33. The SMILES string of the molecule is CCCC(=O)N1CCN(Cc2ccccc2C)CC1. The number of hydrogen-bond acceptors (Lipinski definition) is 2. The molecular formula is C16H24N2O. The second-order valence-electron chi connectivity index (χ2n) is 5.33. The Morgan fingerprint density at radius 1 is 1.16 bits per heavy atom. The molecule has 2 rings (SSSR count). The van der Waals surface area contributed by atoms with Gasteiger partial charge in [0.15, 0.2) is 0 Å². The Bertz CT molecular complexity index is 423. The zero-order chi connectivity index (χ0) is 13.7. The molecule has 0 atom stereocenters. The quantitative estimate of drug-likeness (QED) is 0.830. The van der Waals surface area contributed by atoms with Crippen molar-refractivity contribution in [1.29, 1.82) is 0 Å². The third kappa shape index (κ3) is 3.80. The van der Waals surface area contributed by atoms with E-state index in [0.717, 1.165) is 39.1 Å². The Morgan fingerprint density at radius 2 is 1.84 bits per heavy atom. The molecular weight excluding hydrogens is 236 g/mol. The van der Waals surface area contributed by atoms with Crippen LogP contribution >= 0.6 is 0 Å². The van der Waals surface area contributed by atoms with Gasteiger partial charge in [-0.3, -0.25) is 9.69 Å². The molecule has 19 heavy (non-hydrogen) atoms. The van der Waals surface area contributed by atoms with E-state index in [9.17, 15) is 4.79 Å². The Hall–Kier alpha value is -1.35. The number of carbonyl (C=O) groups excluding carboxylic acids is 1. The van der Waals surface area contributed by atoms with Crippen molar-refractivity contribution >= 4 is 5.91 Å². The van der Waals surface area contributed by atoms with Crippen LogP contribution in [-0.2, 0) is 11.3 Å². The summed E-state index contributed by atoms with van der Waals surface area (Å²) in [7, 11) is 0. The maximum absolute atomic E-state index is 11.8. The highest BCUT2D eigenvalue weighted by molar-refractivity contribution is 5.76. The molecule has 0 saturated carbocycles. The molecule has 1 aliphatic heterocycles. The van der Waals surface area contributed by atoms with E-state index < -0.39 is 0 Å². The van der Waals surface area contributed by atoms with Gasteiger partial charge in [-0.25, -0.2) is 0 Å². The van der Waals surface area contributed by atoms with E-state index in [1.807, 2.05) is 4.90 Å². The van der Waals surface area contributed by atoms with Crippen molar-refractivity contribution in [1.82, 2.24) is 9.80 Å². The largest absolute Gasteiger partial charge is 0.340 e. The van der Waals surface area contributed by atoms with Gasteiger partial charge in [0.25, 0.3) is 0 Å². The monoisotopic (exact) mass is 260 g/mol. The number of nitrogens with zero attached hydrogens (tertiary/aromatic N) is 2. The van der Waals surface area contributed by atoms with Crippen LogP contribution in [0.25, 0.3) is 0 Å². The van der Waals surface area contributed by atoms with Gasteiger partial charge in [0.05, 0.1) is 0 Å². The molecule has 0 bridgehead atoms. The van der Waals surface area contributed by atoms with Crippen LogP contribution in [0, 0.1) is 6.92 Å². The molecule has 0 aromatic heterocycles. The van der Waals surface area contributed by atoms with Gasteiger partial charge in [-0.15, -0.1) is 0 Å². The summed E-state index contributed by atoms with van der Waals surface area (Å²) in [6.45, 7) is 8.97. The summed E-state index contributed by atoms with van der Waals surface area (Å²) >= 11 is 0. The lowest BCUT2D eigenvalue weighted by Crippen LogP contribution is -2.48. The number of benzene rings is 1. The Kier molecular flexibility index (Phi) is 4.97. The van der Waals surface area contributed by atoms with Gasteiger partial charge in [-0.05, 0) is 24.5 Å². The number of amides is 1. The van der Waals surface area contributed by atoms with Crippen LogP contribution in [-0.4, -0.2) is 41.9 Å². The highest BCUT2D eigenvalue weighted by Crippen LogP contribution is 2.13. The van der Waals surface area contributed by atoms with Crippen LogP contribution in [0.1, 0.15) is 30.9 Å². The van der Waals surface area contributed by atoms with E-state index in [4.69, 9.17) is 0 Å². The number of aryl methyl sites for hydroxylation is 1. The molecule has 0 unspecified atom stereocenters. The topological polar surface area (TPSA) is 23.6 Å². The van der Waals surface area contributed by atoms with Crippen molar-refractivity contribution in [2.45, 2.75) is 33.2 Å². The number of rotatable bonds is 4. The minimum absolute atomic E-state index is 0.318. The lowest BCUT2D eigenvalue weighted by Gasteiger charge is -2.35. The van der Waals surface area contributed by atoms with Crippen LogP contribution < -0.4 is 0 Å². The fourth-order valence-electron chi connectivity index (χ4n) is 2.56. The molecule has 0 aliphatic carbocycles. The van der Waals surface area contributed by atoms with E-state index in [2.05, 4.69) is 43.0 Å². The van der Waals surface area contributed by atoms with Gasteiger partial charge < -0.3 is 4.90 Å². The zero-order valence-electron chi connectivity index (χ0n) is 12.1. The standard InChI is InChI=1S/C16H24N2O/c1-3-6-16(19)18-11-9-17(10-12-18)13-15-8-5-4-7-14(15)2/h4-5,7-8H,3,6,9-13H2,1-2H3. The number of carbonyl (C=O) groups is 1. The van der Waals surface area contributed by atoms with E-state index in [1.165, 1.54) is 11.1 Å². The third-order valence-corrected chi connectivity index (χ3v) is 3.84. The fourth-order valence-corrected chi connectivity index (χ4v) is 2.56. The average molecular weight is 260 g/mol. The minimum Gasteiger partial charge on any atom is -0.340 e. The number of hydrogen-bond donors (Lipinski definition) is 0. The van der Waals surface area contributed by atoms with E-state index in [-0.39, 0.29) is 0 Å². The lowest BCUT2D eigenvalue weighted by molar-refractivity contribution is -0.133. The van der Waals surface area contributed by atoms with Crippen molar-refractivity contribution < 1.29 is 4.79 Å². The van der Waals surface area contributed by atoms with E-state index >= 15 is 0 Å². The van der Waals surface area contributed by atoms with Crippen molar-refractivity contribution in [2.24, 2.45) is 0 Å². The maximum Gasteiger partial charge on any atom is 0.222 e. The van der Waals surface area contributed by atoms with Gasteiger partial charge in [0.1, 0.15) is 0 Å². The molecule has 3 heteroatoms. The first-order valence-electron chi connectivity index (χ1n) is 7.25. The first-order valence-corrected chi connectivity index (χ1v) is 7.25. The first kappa shape index (κ1) is 14.1. The summed E-state index contributed by atoms with van der Waals surface area (Å²) in [5, 5.41) is 0. The Labute approximate surface area is 116 Å². The summed E-state index contributed by atoms with van der Waals surface area (Å²) in [5.41, 5.74) is 2.75. The fraction of sp³-hybridized carbons (Fsp3) is 0.562. The molecule has 0 spiro atoms. The molecule has 0 N–H and O–H groups in total. The molecule has 104 valence electrons. The van der Waals surface area contributed by atoms with Crippen molar-refractivity contribution in [2.75, 3.05) is 26.2 Å². The van der Waals surface area contributed by atoms with Crippen molar-refractivity contribution in [3.8, 4) is 0 Å². The third-order valence-electron chi connectivity index (χ3n) is 3.84. The van der Waals surface area contributed by atoms with Gasteiger partial charge in [0.2, 0.25) is 5.91 Å². The van der Waals surface area contributed by atoms with Crippen LogP contribution in [0.15, 0.2) is 24.3 Å². The summed E-state index contributed by atoms with van der Waals surface area (Å²) < 4.78 is 0.